The molecule has 0 radical (unpaired) electrons. The molecule has 0 bridgehead atoms. The Morgan fingerprint density at radius 2 is 1.90 bits per heavy atom. The molecule has 21 heavy (non-hydrogen) atoms. The smallest absolute Gasteiger partial charge is 0.141 e. The maximum atomic E-state index is 13.2. The van der Waals surface area contributed by atoms with Crippen molar-refractivity contribution in [1.29, 1.82) is 0 Å². The van der Waals surface area contributed by atoms with Gasteiger partial charge in [-0.15, -0.1) is 0 Å². The van der Waals surface area contributed by atoms with Crippen LogP contribution in [0.25, 0.3) is 0 Å². The molecule has 2 aromatic rings. The molecular formula is C15H18ClFN4. The minimum absolute atomic E-state index is 0.0785. The van der Waals surface area contributed by atoms with Crippen LogP contribution in [0.1, 0.15) is 19.7 Å². The van der Waals surface area contributed by atoms with Gasteiger partial charge in [0.2, 0.25) is 0 Å². The van der Waals surface area contributed by atoms with Crippen molar-refractivity contribution in [2.45, 2.75) is 20.8 Å². The van der Waals surface area contributed by atoms with Gasteiger partial charge in [-0.2, -0.15) is 0 Å². The Labute approximate surface area is 129 Å². The molecule has 6 heteroatoms. The number of hydrogen-bond acceptors (Lipinski definition) is 4. The van der Waals surface area contributed by atoms with Crippen molar-refractivity contribution in [2.75, 3.05) is 23.3 Å². The van der Waals surface area contributed by atoms with Crippen molar-refractivity contribution < 1.29 is 4.39 Å². The minimum atomic E-state index is -0.440. The molecular weight excluding hydrogens is 291 g/mol. The SMILES string of the molecule is CCN(CC)c1cc(Nc2ccc(F)c(Cl)c2)nc(C)n1. The molecule has 0 fully saturated rings. The van der Waals surface area contributed by atoms with E-state index in [0.29, 0.717) is 17.3 Å². The van der Waals surface area contributed by atoms with E-state index in [9.17, 15) is 4.39 Å². The van der Waals surface area contributed by atoms with Crippen molar-refractivity contribution in [1.82, 2.24) is 9.97 Å². The van der Waals surface area contributed by atoms with E-state index in [1.165, 1.54) is 12.1 Å². The molecule has 4 nitrogen and oxygen atoms in total. The van der Waals surface area contributed by atoms with Crippen LogP contribution in [0.2, 0.25) is 5.02 Å². The lowest BCUT2D eigenvalue weighted by Crippen LogP contribution is -2.23. The van der Waals surface area contributed by atoms with E-state index in [1.54, 1.807) is 6.07 Å². The summed E-state index contributed by atoms with van der Waals surface area (Å²) in [7, 11) is 0. The van der Waals surface area contributed by atoms with Crippen LogP contribution in [-0.2, 0) is 0 Å². The van der Waals surface area contributed by atoms with Crippen LogP contribution >= 0.6 is 11.6 Å². The summed E-state index contributed by atoms with van der Waals surface area (Å²) in [5, 5.41) is 3.21. The molecule has 1 N–H and O–H groups in total. The highest BCUT2D eigenvalue weighted by Crippen LogP contribution is 2.23. The number of hydrogen-bond donors (Lipinski definition) is 1. The van der Waals surface area contributed by atoms with Gasteiger partial charge < -0.3 is 10.2 Å². The lowest BCUT2D eigenvalue weighted by Gasteiger charge is -2.20. The van der Waals surface area contributed by atoms with Gasteiger partial charge in [-0.05, 0) is 39.0 Å². The fourth-order valence-electron chi connectivity index (χ4n) is 2.05. The van der Waals surface area contributed by atoms with E-state index in [4.69, 9.17) is 11.6 Å². The Morgan fingerprint density at radius 3 is 2.52 bits per heavy atom. The molecule has 0 aliphatic rings. The normalized spacial score (nSPS) is 10.5. The number of nitrogens with one attached hydrogen (secondary N) is 1. The summed E-state index contributed by atoms with van der Waals surface area (Å²) in [6, 6.07) is 6.35. The van der Waals surface area contributed by atoms with Crippen LogP contribution in [0.5, 0.6) is 0 Å². The fourth-order valence-corrected chi connectivity index (χ4v) is 2.23. The number of rotatable bonds is 5. The van der Waals surface area contributed by atoms with Gasteiger partial charge in [0.15, 0.2) is 0 Å². The molecule has 0 aliphatic heterocycles. The van der Waals surface area contributed by atoms with Crippen LogP contribution in [0.15, 0.2) is 24.3 Å². The van der Waals surface area contributed by atoms with Gasteiger partial charge >= 0.3 is 0 Å². The van der Waals surface area contributed by atoms with E-state index in [2.05, 4.69) is 34.0 Å². The zero-order chi connectivity index (χ0) is 15.4. The molecule has 0 spiro atoms. The van der Waals surface area contributed by atoms with Gasteiger partial charge in [0.1, 0.15) is 23.3 Å². The highest BCUT2D eigenvalue weighted by Gasteiger charge is 2.08. The second-order valence-corrected chi connectivity index (χ2v) is 4.99. The maximum Gasteiger partial charge on any atom is 0.141 e. The predicted octanol–water partition coefficient (Wildman–Crippen LogP) is 4.17. The molecule has 1 aromatic heterocycles. The Kier molecular flexibility index (Phi) is 4.96. The van der Waals surface area contributed by atoms with Gasteiger partial charge in [0, 0.05) is 24.8 Å². The molecule has 0 unspecified atom stereocenters. The van der Waals surface area contributed by atoms with Crippen molar-refractivity contribution in [3.63, 3.8) is 0 Å². The molecule has 1 heterocycles. The Balaban J connectivity index is 2.29. The first-order valence-corrected chi connectivity index (χ1v) is 7.24. The van der Waals surface area contributed by atoms with Crippen molar-refractivity contribution in [3.05, 3.63) is 40.9 Å². The van der Waals surface area contributed by atoms with Crippen LogP contribution in [0.3, 0.4) is 0 Å². The summed E-state index contributed by atoms with van der Waals surface area (Å²) in [6.07, 6.45) is 0. The number of halogens is 2. The molecule has 112 valence electrons. The first-order valence-electron chi connectivity index (χ1n) is 6.86. The third-order valence-corrected chi connectivity index (χ3v) is 3.39. The minimum Gasteiger partial charge on any atom is -0.357 e. The second-order valence-electron chi connectivity index (χ2n) is 4.58. The second kappa shape index (κ2) is 6.72. The highest BCUT2D eigenvalue weighted by molar-refractivity contribution is 6.31. The van der Waals surface area contributed by atoms with E-state index in [1.807, 2.05) is 13.0 Å². The number of benzene rings is 1. The first kappa shape index (κ1) is 15.5. The van der Waals surface area contributed by atoms with Gasteiger partial charge in [0.05, 0.1) is 5.02 Å². The quantitative estimate of drug-likeness (QED) is 0.900. The van der Waals surface area contributed by atoms with Crippen LogP contribution in [0, 0.1) is 12.7 Å². The summed E-state index contributed by atoms with van der Waals surface area (Å²) < 4.78 is 13.2. The van der Waals surface area contributed by atoms with E-state index < -0.39 is 5.82 Å². The molecule has 0 amide bonds. The van der Waals surface area contributed by atoms with Crippen LogP contribution < -0.4 is 10.2 Å². The van der Waals surface area contributed by atoms with Crippen LogP contribution in [-0.4, -0.2) is 23.1 Å². The summed E-state index contributed by atoms with van der Waals surface area (Å²) in [5.41, 5.74) is 0.685. The number of aromatic nitrogens is 2. The Morgan fingerprint density at radius 1 is 1.19 bits per heavy atom. The molecule has 1 aromatic carbocycles. The van der Waals surface area contributed by atoms with E-state index in [0.717, 1.165) is 18.9 Å². The van der Waals surface area contributed by atoms with Gasteiger partial charge in [-0.25, -0.2) is 14.4 Å². The number of aryl methyl sites for hydroxylation is 1. The van der Waals surface area contributed by atoms with Gasteiger partial charge in [-0.3, -0.25) is 0 Å². The lowest BCUT2D eigenvalue weighted by atomic mass is 10.3. The molecule has 0 saturated carbocycles. The lowest BCUT2D eigenvalue weighted by molar-refractivity contribution is 0.628. The van der Waals surface area contributed by atoms with Gasteiger partial charge in [0.25, 0.3) is 0 Å². The fraction of sp³-hybridized carbons (Fsp3) is 0.333. The Bertz CT molecular complexity index is 629. The van der Waals surface area contributed by atoms with E-state index >= 15 is 0 Å². The molecule has 0 atom stereocenters. The van der Waals surface area contributed by atoms with Gasteiger partial charge in [-0.1, -0.05) is 11.6 Å². The standard InChI is InChI=1S/C15H18ClFN4/c1-4-21(5-2)15-9-14(18-10(3)19-15)20-11-6-7-13(17)12(16)8-11/h6-9H,4-5H2,1-3H3,(H,18,19,20). The highest BCUT2D eigenvalue weighted by atomic mass is 35.5. The summed E-state index contributed by atoms with van der Waals surface area (Å²) >= 11 is 5.78. The maximum absolute atomic E-state index is 13.2. The third kappa shape index (κ3) is 3.82. The average molecular weight is 309 g/mol. The van der Waals surface area contributed by atoms with Crippen molar-refractivity contribution in [2.24, 2.45) is 0 Å². The molecule has 2 rings (SSSR count). The first-order chi connectivity index (χ1) is 10.0. The number of nitrogens with zero attached hydrogens (tertiary/aromatic N) is 3. The summed E-state index contributed by atoms with van der Waals surface area (Å²) in [6.45, 7) is 7.74. The van der Waals surface area contributed by atoms with E-state index in [-0.39, 0.29) is 5.02 Å². The molecule has 0 saturated heterocycles. The zero-order valence-electron chi connectivity index (χ0n) is 12.3. The third-order valence-electron chi connectivity index (χ3n) is 3.10. The molecule has 0 aliphatic carbocycles. The number of anilines is 3. The largest absolute Gasteiger partial charge is 0.357 e. The summed E-state index contributed by atoms with van der Waals surface area (Å²) in [4.78, 5) is 10.9. The zero-order valence-corrected chi connectivity index (χ0v) is 13.1. The topological polar surface area (TPSA) is 41.0 Å². The summed E-state index contributed by atoms with van der Waals surface area (Å²) in [5.74, 6) is 1.76. The predicted molar refractivity (Wildman–Crippen MR) is 85.0 cm³/mol. The van der Waals surface area contributed by atoms with Crippen molar-refractivity contribution >= 4 is 28.9 Å². The monoisotopic (exact) mass is 308 g/mol. The van der Waals surface area contributed by atoms with Crippen molar-refractivity contribution in [3.8, 4) is 0 Å². The average Bonchev–Trinajstić information content (AvgIpc) is 2.44. The Hall–Kier alpha value is -1.88. The van der Waals surface area contributed by atoms with Crippen LogP contribution in [0.4, 0.5) is 21.7 Å².